The van der Waals surface area contributed by atoms with E-state index in [-0.39, 0.29) is 0 Å². The minimum absolute atomic E-state index is 0.876. The number of pyridine rings is 1. The SMILES string of the molecule is c1ccc(-c2cc3c(-c4cccs4)nc4ccccc4c3o2)cc1. The first-order chi connectivity index (χ1) is 11.9. The summed E-state index contributed by atoms with van der Waals surface area (Å²) in [6, 6.07) is 24.6. The van der Waals surface area contributed by atoms with Gasteiger partial charge in [0.1, 0.15) is 11.3 Å². The Morgan fingerprint density at radius 2 is 1.62 bits per heavy atom. The third-order valence-electron chi connectivity index (χ3n) is 4.18. The Labute approximate surface area is 143 Å². The molecule has 0 aliphatic heterocycles. The second kappa shape index (κ2) is 5.32. The first-order valence-electron chi connectivity index (χ1n) is 7.82. The molecule has 114 valence electrons. The maximum atomic E-state index is 6.27. The predicted molar refractivity (Wildman–Crippen MR) is 100 cm³/mol. The lowest BCUT2D eigenvalue weighted by Gasteiger charge is -2.03. The number of fused-ring (bicyclic) bond motifs is 3. The second-order valence-electron chi connectivity index (χ2n) is 5.67. The van der Waals surface area contributed by atoms with Crippen molar-refractivity contribution in [1.82, 2.24) is 4.98 Å². The summed E-state index contributed by atoms with van der Waals surface area (Å²) in [4.78, 5) is 6.06. The molecule has 0 radical (unpaired) electrons. The van der Waals surface area contributed by atoms with Gasteiger partial charge in [0, 0.05) is 16.3 Å². The predicted octanol–water partition coefficient (Wildman–Crippen LogP) is 6.38. The van der Waals surface area contributed by atoms with E-state index in [1.165, 1.54) is 0 Å². The van der Waals surface area contributed by atoms with E-state index in [1.54, 1.807) is 11.3 Å². The molecule has 0 aliphatic carbocycles. The Morgan fingerprint density at radius 3 is 2.46 bits per heavy atom. The zero-order valence-electron chi connectivity index (χ0n) is 12.8. The summed E-state index contributed by atoms with van der Waals surface area (Å²) in [6.45, 7) is 0. The molecule has 0 saturated carbocycles. The monoisotopic (exact) mass is 327 g/mol. The van der Waals surface area contributed by atoms with Gasteiger partial charge < -0.3 is 4.42 Å². The number of para-hydroxylation sites is 1. The zero-order chi connectivity index (χ0) is 15.9. The summed E-state index contributed by atoms with van der Waals surface area (Å²) in [7, 11) is 0. The number of rotatable bonds is 2. The molecular formula is C21H13NOS. The van der Waals surface area contributed by atoms with Crippen LogP contribution >= 0.6 is 11.3 Å². The summed E-state index contributed by atoms with van der Waals surface area (Å²) < 4.78 is 6.27. The molecule has 2 aromatic carbocycles. The van der Waals surface area contributed by atoms with Crippen molar-refractivity contribution in [2.24, 2.45) is 0 Å². The van der Waals surface area contributed by atoms with Gasteiger partial charge in [0.05, 0.1) is 16.1 Å². The largest absolute Gasteiger partial charge is 0.455 e. The number of thiophene rings is 1. The van der Waals surface area contributed by atoms with Gasteiger partial charge in [0.2, 0.25) is 0 Å². The van der Waals surface area contributed by atoms with Crippen LogP contribution in [0, 0.1) is 0 Å². The topological polar surface area (TPSA) is 26.0 Å². The van der Waals surface area contributed by atoms with Gasteiger partial charge in [0.25, 0.3) is 0 Å². The van der Waals surface area contributed by atoms with Crippen molar-refractivity contribution < 1.29 is 4.42 Å². The molecule has 0 atom stereocenters. The average Bonchev–Trinajstić information content (AvgIpc) is 3.32. The molecule has 24 heavy (non-hydrogen) atoms. The summed E-state index contributed by atoms with van der Waals surface area (Å²) in [5.74, 6) is 0.876. The minimum Gasteiger partial charge on any atom is -0.455 e. The second-order valence-corrected chi connectivity index (χ2v) is 6.62. The fourth-order valence-electron chi connectivity index (χ4n) is 3.06. The molecule has 3 aromatic heterocycles. The Balaban J connectivity index is 1.89. The van der Waals surface area contributed by atoms with Gasteiger partial charge in [-0.1, -0.05) is 48.5 Å². The van der Waals surface area contributed by atoms with Crippen molar-refractivity contribution in [2.75, 3.05) is 0 Å². The van der Waals surface area contributed by atoms with E-state index in [2.05, 4.69) is 41.8 Å². The molecule has 0 N–H and O–H groups in total. The van der Waals surface area contributed by atoms with Crippen LogP contribution in [0.25, 0.3) is 43.8 Å². The molecule has 0 unspecified atom stereocenters. The molecule has 5 rings (SSSR count). The third-order valence-corrected chi connectivity index (χ3v) is 5.06. The van der Waals surface area contributed by atoms with E-state index in [0.717, 1.165) is 43.8 Å². The summed E-state index contributed by atoms with van der Waals surface area (Å²) in [6.07, 6.45) is 0. The normalized spacial score (nSPS) is 11.3. The molecule has 5 aromatic rings. The van der Waals surface area contributed by atoms with Gasteiger partial charge in [-0.25, -0.2) is 4.98 Å². The standard InChI is InChI=1S/C21H13NOS/c1-2-7-14(8-3-1)18-13-16-20(19-11-6-12-24-19)22-17-10-5-4-9-15(17)21(16)23-18/h1-13H. The van der Waals surface area contributed by atoms with Crippen molar-refractivity contribution in [3.8, 4) is 21.9 Å². The molecule has 0 saturated heterocycles. The molecule has 3 heterocycles. The van der Waals surface area contributed by atoms with E-state index < -0.39 is 0 Å². The highest BCUT2D eigenvalue weighted by Crippen LogP contribution is 2.38. The third kappa shape index (κ3) is 2.06. The highest BCUT2D eigenvalue weighted by Gasteiger charge is 2.16. The van der Waals surface area contributed by atoms with Crippen LogP contribution < -0.4 is 0 Å². The molecule has 0 spiro atoms. The van der Waals surface area contributed by atoms with Gasteiger partial charge >= 0.3 is 0 Å². The smallest absolute Gasteiger partial charge is 0.146 e. The van der Waals surface area contributed by atoms with Crippen LogP contribution in [0.1, 0.15) is 0 Å². The van der Waals surface area contributed by atoms with Gasteiger partial charge in [0.15, 0.2) is 0 Å². The van der Waals surface area contributed by atoms with E-state index >= 15 is 0 Å². The van der Waals surface area contributed by atoms with Crippen molar-refractivity contribution in [2.45, 2.75) is 0 Å². The van der Waals surface area contributed by atoms with E-state index in [4.69, 9.17) is 9.40 Å². The molecule has 0 aliphatic rings. The number of aromatic nitrogens is 1. The van der Waals surface area contributed by atoms with Gasteiger partial charge in [-0.15, -0.1) is 11.3 Å². The van der Waals surface area contributed by atoms with Crippen molar-refractivity contribution >= 4 is 33.2 Å². The molecular weight excluding hydrogens is 314 g/mol. The average molecular weight is 327 g/mol. The summed E-state index contributed by atoms with van der Waals surface area (Å²) in [5, 5.41) is 4.20. The summed E-state index contributed by atoms with van der Waals surface area (Å²) >= 11 is 1.70. The van der Waals surface area contributed by atoms with Crippen LogP contribution in [-0.4, -0.2) is 4.98 Å². The molecule has 0 bridgehead atoms. The molecule has 0 amide bonds. The first kappa shape index (κ1) is 13.5. The lowest BCUT2D eigenvalue weighted by Crippen LogP contribution is -1.84. The van der Waals surface area contributed by atoms with Crippen molar-refractivity contribution in [1.29, 1.82) is 0 Å². The first-order valence-corrected chi connectivity index (χ1v) is 8.70. The molecule has 3 heteroatoms. The maximum Gasteiger partial charge on any atom is 0.146 e. The van der Waals surface area contributed by atoms with E-state index in [0.29, 0.717) is 0 Å². The highest BCUT2D eigenvalue weighted by atomic mass is 32.1. The molecule has 0 fully saturated rings. The van der Waals surface area contributed by atoms with Crippen molar-refractivity contribution in [3.05, 3.63) is 78.2 Å². The number of nitrogens with zero attached hydrogens (tertiary/aromatic N) is 1. The lowest BCUT2D eigenvalue weighted by atomic mass is 10.1. The number of furan rings is 1. The fraction of sp³-hybridized carbons (Fsp3) is 0. The zero-order valence-corrected chi connectivity index (χ0v) is 13.6. The van der Waals surface area contributed by atoms with E-state index in [9.17, 15) is 0 Å². The summed E-state index contributed by atoms with van der Waals surface area (Å²) in [5.41, 5.74) is 3.93. The van der Waals surface area contributed by atoms with Crippen LogP contribution in [0.2, 0.25) is 0 Å². The minimum atomic E-state index is 0.876. The lowest BCUT2D eigenvalue weighted by molar-refractivity contribution is 0.635. The Morgan fingerprint density at radius 1 is 0.792 bits per heavy atom. The van der Waals surface area contributed by atoms with Crippen molar-refractivity contribution in [3.63, 3.8) is 0 Å². The van der Waals surface area contributed by atoms with Gasteiger partial charge in [-0.3, -0.25) is 0 Å². The maximum absolute atomic E-state index is 6.27. The number of benzene rings is 2. The Bertz CT molecular complexity index is 1140. The van der Waals surface area contributed by atoms with E-state index in [1.807, 2.05) is 36.4 Å². The Hall–Kier alpha value is -2.91. The molecule has 2 nitrogen and oxygen atoms in total. The van der Waals surface area contributed by atoms with Crippen LogP contribution in [0.5, 0.6) is 0 Å². The van der Waals surface area contributed by atoms with Crippen LogP contribution in [-0.2, 0) is 0 Å². The fourth-order valence-corrected chi connectivity index (χ4v) is 3.78. The number of hydrogen-bond acceptors (Lipinski definition) is 3. The van der Waals surface area contributed by atoms with Gasteiger partial charge in [-0.05, 0) is 29.6 Å². The van der Waals surface area contributed by atoms with Gasteiger partial charge in [-0.2, -0.15) is 0 Å². The van der Waals surface area contributed by atoms with Crippen LogP contribution in [0.3, 0.4) is 0 Å². The highest BCUT2D eigenvalue weighted by molar-refractivity contribution is 7.13. The quantitative estimate of drug-likeness (QED) is 0.376. The van der Waals surface area contributed by atoms with Crippen LogP contribution in [0.4, 0.5) is 0 Å². The van der Waals surface area contributed by atoms with Crippen LogP contribution in [0.15, 0.2) is 82.6 Å². The Kier molecular flexibility index (Phi) is 3.00. The number of hydrogen-bond donors (Lipinski definition) is 0.